The third kappa shape index (κ3) is 5.28. The number of benzene rings is 4. The molecule has 0 aliphatic carbocycles. The lowest BCUT2D eigenvalue weighted by Gasteiger charge is -2.27. The van der Waals surface area contributed by atoms with Gasteiger partial charge in [-0.2, -0.15) is 5.10 Å². The molecule has 0 saturated carbocycles. The maximum atomic E-state index is 12.9. The fourth-order valence-electron chi connectivity index (χ4n) is 4.24. The van der Waals surface area contributed by atoms with Crippen LogP contribution in [0.2, 0.25) is 0 Å². The number of ether oxygens (including phenoxy) is 1. The Bertz CT molecular complexity index is 1550. The van der Waals surface area contributed by atoms with E-state index in [4.69, 9.17) is 4.74 Å². The molecule has 1 amide bonds. The maximum absolute atomic E-state index is 12.9. The second-order valence-electron chi connectivity index (χ2n) is 8.65. The van der Waals surface area contributed by atoms with Gasteiger partial charge in [-0.25, -0.2) is 10.4 Å². The van der Waals surface area contributed by atoms with Gasteiger partial charge in [-0.3, -0.25) is 4.79 Å². The van der Waals surface area contributed by atoms with Gasteiger partial charge in [0, 0.05) is 23.3 Å². The standard InChI is InChI=1S/C30H23N3O2S2/c34-29(22-16-14-20(15-17-22)19-36-30-31-24-11-5-7-13-28(24)37-30)33-32-25-18-27(21-8-2-1-3-9-21)35-26-12-6-4-10-23(25)26/h1-17,27H,18-19H2,(H,33,34)/b32-25+/t27-/m1/s1. The molecule has 0 bridgehead atoms. The van der Waals surface area contributed by atoms with Gasteiger partial charge in [0.05, 0.1) is 15.9 Å². The Morgan fingerprint density at radius 2 is 1.70 bits per heavy atom. The van der Waals surface area contributed by atoms with E-state index in [2.05, 4.69) is 21.6 Å². The molecule has 4 aromatic carbocycles. The number of nitrogens with one attached hydrogen (secondary N) is 1. The van der Waals surface area contributed by atoms with Crippen molar-refractivity contribution < 1.29 is 9.53 Å². The van der Waals surface area contributed by atoms with E-state index in [0.717, 1.165) is 43.8 Å². The van der Waals surface area contributed by atoms with Gasteiger partial charge in [0.1, 0.15) is 11.9 Å². The minimum Gasteiger partial charge on any atom is -0.485 e. The van der Waals surface area contributed by atoms with E-state index < -0.39 is 0 Å². The molecule has 5 nitrogen and oxygen atoms in total. The van der Waals surface area contributed by atoms with Crippen LogP contribution in [0.15, 0.2) is 113 Å². The van der Waals surface area contributed by atoms with Crippen molar-refractivity contribution in [2.45, 2.75) is 22.6 Å². The molecular formula is C30H23N3O2S2. The number of nitrogens with zero attached hydrogens (tertiary/aromatic N) is 2. The number of aromatic nitrogens is 1. The van der Waals surface area contributed by atoms with Gasteiger partial charge in [-0.05, 0) is 47.5 Å². The number of amides is 1. The lowest BCUT2D eigenvalue weighted by atomic mass is 9.96. The third-order valence-corrected chi connectivity index (χ3v) is 8.41. The highest BCUT2D eigenvalue weighted by molar-refractivity contribution is 8.00. The number of hydrazone groups is 1. The van der Waals surface area contributed by atoms with Crippen molar-refractivity contribution in [2.75, 3.05) is 0 Å². The van der Waals surface area contributed by atoms with Crippen molar-refractivity contribution in [1.29, 1.82) is 0 Å². The second-order valence-corrected chi connectivity index (χ2v) is 10.9. The van der Waals surface area contributed by atoms with Crippen LogP contribution in [0, 0.1) is 0 Å². The molecule has 1 atom stereocenters. The Labute approximate surface area is 223 Å². The zero-order chi connectivity index (χ0) is 25.0. The molecule has 0 fully saturated rings. The van der Waals surface area contributed by atoms with Crippen molar-refractivity contribution in [3.8, 4) is 5.75 Å². The Morgan fingerprint density at radius 3 is 2.54 bits per heavy atom. The van der Waals surface area contributed by atoms with Crippen molar-refractivity contribution in [3.63, 3.8) is 0 Å². The Hall–Kier alpha value is -3.94. The van der Waals surface area contributed by atoms with Gasteiger partial charge in [0.15, 0.2) is 4.34 Å². The lowest BCUT2D eigenvalue weighted by molar-refractivity contribution is 0.0954. The molecular weight excluding hydrogens is 498 g/mol. The molecule has 0 radical (unpaired) electrons. The molecule has 1 aliphatic heterocycles. The number of fused-ring (bicyclic) bond motifs is 2. The number of para-hydroxylation sites is 2. The number of thioether (sulfide) groups is 1. The van der Waals surface area contributed by atoms with Crippen LogP contribution in [0.5, 0.6) is 5.75 Å². The van der Waals surface area contributed by atoms with Gasteiger partial charge in [0.2, 0.25) is 0 Å². The fourth-order valence-corrected chi connectivity index (χ4v) is 6.27. The summed E-state index contributed by atoms with van der Waals surface area (Å²) in [6.45, 7) is 0. The minimum absolute atomic E-state index is 0.154. The minimum atomic E-state index is -0.238. The molecule has 182 valence electrons. The first kappa shape index (κ1) is 23.5. The number of hydrogen-bond acceptors (Lipinski definition) is 6. The van der Waals surface area contributed by atoms with E-state index in [1.165, 1.54) is 4.70 Å². The Balaban J connectivity index is 1.13. The molecule has 1 N–H and O–H groups in total. The van der Waals surface area contributed by atoms with E-state index in [0.29, 0.717) is 12.0 Å². The summed E-state index contributed by atoms with van der Waals surface area (Å²) in [4.78, 5) is 17.6. The molecule has 2 heterocycles. The summed E-state index contributed by atoms with van der Waals surface area (Å²) in [5.74, 6) is 1.32. The molecule has 5 aromatic rings. The van der Waals surface area contributed by atoms with E-state index in [1.807, 2.05) is 97.1 Å². The molecule has 0 unspecified atom stereocenters. The van der Waals surface area contributed by atoms with Gasteiger partial charge in [0.25, 0.3) is 5.91 Å². The quantitative estimate of drug-likeness (QED) is 0.189. The third-order valence-electron chi connectivity index (χ3n) is 6.16. The summed E-state index contributed by atoms with van der Waals surface area (Å²) in [5, 5.41) is 4.52. The zero-order valence-corrected chi connectivity index (χ0v) is 21.5. The topological polar surface area (TPSA) is 63.6 Å². The first-order valence-electron chi connectivity index (χ1n) is 12.0. The zero-order valence-electron chi connectivity index (χ0n) is 19.8. The summed E-state index contributed by atoms with van der Waals surface area (Å²) >= 11 is 3.41. The molecule has 0 saturated heterocycles. The molecule has 7 heteroatoms. The molecule has 6 rings (SSSR count). The molecule has 0 spiro atoms. The smallest absolute Gasteiger partial charge is 0.271 e. The number of carbonyl (C=O) groups excluding carboxylic acids is 1. The monoisotopic (exact) mass is 521 g/mol. The van der Waals surface area contributed by atoms with Crippen molar-refractivity contribution in [3.05, 3.63) is 125 Å². The summed E-state index contributed by atoms with van der Waals surface area (Å²) in [7, 11) is 0. The average Bonchev–Trinajstić information content (AvgIpc) is 3.38. The van der Waals surface area contributed by atoms with Crippen LogP contribution in [0.4, 0.5) is 0 Å². The SMILES string of the molecule is O=C(N/N=C1\C[C@H](c2ccccc2)Oc2ccccc21)c1ccc(CSc2nc3ccccc3s2)cc1. The highest BCUT2D eigenvalue weighted by Gasteiger charge is 2.26. The number of rotatable bonds is 6. The summed E-state index contributed by atoms with van der Waals surface area (Å²) < 4.78 is 8.47. The van der Waals surface area contributed by atoms with Crippen LogP contribution in [-0.4, -0.2) is 16.6 Å². The number of hydrogen-bond donors (Lipinski definition) is 1. The van der Waals surface area contributed by atoms with Crippen LogP contribution in [0.25, 0.3) is 10.2 Å². The van der Waals surface area contributed by atoms with Gasteiger partial charge in [-0.1, -0.05) is 78.5 Å². The van der Waals surface area contributed by atoms with Crippen LogP contribution in [-0.2, 0) is 5.75 Å². The number of thiazole rings is 1. The Kier molecular flexibility index (Phi) is 6.71. The van der Waals surface area contributed by atoms with E-state index >= 15 is 0 Å². The molecule has 1 aromatic heterocycles. The number of carbonyl (C=O) groups is 1. The predicted molar refractivity (Wildman–Crippen MR) is 150 cm³/mol. The largest absolute Gasteiger partial charge is 0.485 e. The lowest BCUT2D eigenvalue weighted by Crippen LogP contribution is -2.25. The first-order valence-corrected chi connectivity index (χ1v) is 13.8. The van der Waals surface area contributed by atoms with Gasteiger partial charge in [-0.15, -0.1) is 11.3 Å². The summed E-state index contributed by atoms with van der Waals surface area (Å²) in [5.41, 5.74) is 8.27. The van der Waals surface area contributed by atoms with Gasteiger partial charge >= 0.3 is 0 Å². The van der Waals surface area contributed by atoms with Gasteiger partial charge < -0.3 is 4.74 Å². The second kappa shape index (κ2) is 10.6. The van der Waals surface area contributed by atoms with Crippen LogP contribution < -0.4 is 10.2 Å². The van der Waals surface area contributed by atoms with Crippen LogP contribution in [0.3, 0.4) is 0 Å². The predicted octanol–water partition coefficient (Wildman–Crippen LogP) is 7.25. The summed E-state index contributed by atoms with van der Waals surface area (Å²) in [6, 6.07) is 33.7. The maximum Gasteiger partial charge on any atom is 0.271 e. The average molecular weight is 522 g/mol. The van der Waals surface area contributed by atoms with E-state index in [-0.39, 0.29) is 12.0 Å². The van der Waals surface area contributed by atoms with Crippen molar-refractivity contribution in [2.24, 2.45) is 5.10 Å². The van der Waals surface area contributed by atoms with E-state index in [1.54, 1.807) is 23.1 Å². The normalized spacial score (nSPS) is 15.8. The fraction of sp³-hybridized carbons (Fsp3) is 0.100. The van der Waals surface area contributed by atoms with E-state index in [9.17, 15) is 4.79 Å². The van der Waals surface area contributed by atoms with Crippen LogP contribution in [0.1, 0.15) is 39.6 Å². The molecule has 37 heavy (non-hydrogen) atoms. The Morgan fingerprint density at radius 1 is 0.946 bits per heavy atom. The molecule has 1 aliphatic rings. The van der Waals surface area contributed by atoms with Crippen molar-refractivity contribution >= 4 is 44.9 Å². The first-order chi connectivity index (χ1) is 18.2. The highest BCUT2D eigenvalue weighted by Crippen LogP contribution is 2.35. The summed E-state index contributed by atoms with van der Waals surface area (Å²) in [6.07, 6.45) is 0.419. The van der Waals surface area contributed by atoms with Crippen LogP contribution >= 0.6 is 23.1 Å². The highest BCUT2D eigenvalue weighted by atomic mass is 32.2. The van der Waals surface area contributed by atoms with Crippen molar-refractivity contribution in [1.82, 2.24) is 10.4 Å².